The zero-order chi connectivity index (χ0) is 37.6. The van der Waals surface area contributed by atoms with Gasteiger partial charge in [-0.25, -0.2) is 13.2 Å². The summed E-state index contributed by atoms with van der Waals surface area (Å²) in [5.41, 5.74) is 1.53. The largest absolute Gasteiger partial charge is 0.488 e. The first-order chi connectivity index (χ1) is 25.5. The highest BCUT2D eigenvalue weighted by Crippen LogP contribution is 2.45. The zero-order valence-corrected chi connectivity index (χ0v) is 31.3. The van der Waals surface area contributed by atoms with Crippen molar-refractivity contribution in [1.29, 1.82) is 0 Å². The first-order valence-corrected chi connectivity index (χ1v) is 20.7. The number of alkyl carbamates (subject to hydrolysis) is 1. The Morgan fingerprint density at radius 1 is 1.04 bits per heavy atom. The molecule has 12 nitrogen and oxygen atoms in total. The van der Waals surface area contributed by atoms with Crippen LogP contribution in [-0.4, -0.2) is 79.3 Å². The zero-order valence-electron chi connectivity index (χ0n) is 30.5. The number of nitrogens with zero attached hydrogens (tertiary/aromatic N) is 1. The predicted octanol–water partition coefficient (Wildman–Crippen LogP) is 5.16. The molecule has 0 spiro atoms. The number of rotatable bonds is 10. The van der Waals surface area contributed by atoms with Gasteiger partial charge in [-0.1, -0.05) is 87.6 Å². The predicted molar refractivity (Wildman–Crippen MR) is 200 cm³/mol. The number of cyclic esters (lactones) is 1. The maximum absolute atomic E-state index is 14.4. The number of benzene rings is 2. The van der Waals surface area contributed by atoms with Crippen molar-refractivity contribution in [3.63, 3.8) is 0 Å². The van der Waals surface area contributed by atoms with Gasteiger partial charge >= 0.3 is 6.09 Å². The third-order valence-electron chi connectivity index (χ3n) is 10.8. The third-order valence-corrected chi connectivity index (χ3v) is 12.6. The first kappa shape index (κ1) is 38.3. The molecule has 2 saturated carbocycles. The van der Waals surface area contributed by atoms with Crippen molar-refractivity contribution >= 4 is 33.8 Å². The lowest BCUT2D eigenvalue weighted by Crippen LogP contribution is -2.58. The van der Waals surface area contributed by atoms with Crippen LogP contribution in [0.3, 0.4) is 0 Å². The van der Waals surface area contributed by atoms with Crippen LogP contribution in [0, 0.1) is 5.92 Å². The van der Waals surface area contributed by atoms with Crippen LogP contribution in [0.4, 0.5) is 4.79 Å². The fraction of sp³-hybridized carbons (Fsp3) is 0.550. The van der Waals surface area contributed by atoms with Crippen LogP contribution in [0.2, 0.25) is 0 Å². The highest BCUT2D eigenvalue weighted by atomic mass is 32.2. The van der Waals surface area contributed by atoms with Gasteiger partial charge in [0, 0.05) is 12.3 Å². The number of carbonyl (C=O) groups is 4. The summed E-state index contributed by atoms with van der Waals surface area (Å²) >= 11 is 0. The second-order valence-electron chi connectivity index (χ2n) is 14.8. The lowest BCUT2D eigenvalue weighted by Gasteiger charge is -2.29. The van der Waals surface area contributed by atoms with Crippen molar-refractivity contribution in [1.82, 2.24) is 20.3 Å². The number of unbranched alkanes of at least 4 members (excludes halogenated alkanes) is 1. The van der Waals surface area contributed by atoms with Crippen LogP contribution in [-0.2, 0) is 35.6 Å². The quantitative estimate of drug-likeness (QED) is 0.281. The summed E-state index contributed by atoms with van der Waals surface area (Å²) in [4.78, 5) is 56.5. The van der Waals surface area contributed by atoms with E-state index >= 15 is 0 Å². The maximum atomic E-state index is 14.4. The van der Waals surface area contributed by atoms with Gasteiger partial charge in [0.1, 0.15) is 29.5 Å². The lowest BCUT2D eigenvalue weighted by atomic mass is 9.99. The maximum Gasteiger partial charge on any atom is 0.407 e. The molecule has 1 saturated heterocycles. The highest BCUT2D eigenvalue weighted by Gasteiger charge is 2.62. The van der Waals surface area contributed by atoms with Crippen molar-refractivity contribution in [2.75, 3.05) is 13.2 Å². The second-order valence-corrected chi connectivity index (χ2v) is 16.8. The molecule has 5 atom stereocenters. The number of hydrogen-bond donors (Lipinski definition) is 3. The molecule has 2 aliphatic heterocycles. The Bertz CT molecular complexity index is 1780. The Morgan fingerprint density at radius 2 is 1.79 bits per heavy atom. The number of carbonyl (C=O) groups excluding carboxylic acids is 4. The topological polar surface area (TPSA) is 160 Å². The van der Waals surface area contributed by atoms with Crippen molar-refractivity contribution < 1.29 is 37.1 Å². The first-order valence-electron chi connectivity index (χ1n) is 19.1. The van der Waals surface area contributed by atoms with Gasteiger partial charge in [-0.3, -0.25) is 19.1 Å². The van der Waals surface area contributed by atoms with E-state index in [4.69, 9.17) is 9.47 Å². The molecule has 53 heavy (non-hydrogen) atoms. The summed E-state index contributed by atoms with van der Waals surface area (Å²) in [5.74, 6) is -1.67. The van der Waals surface area contributed by atoms with Crippen molar-refractivity contribution in [3.8, 4) is 16.9 Å². The van der Waals surface area contributed by atoms with E-state index in [0.717, 1.165) is 55.2 Å². The minimum absolute atomic E-state index is 0.0609. The van der Waals surface area contributed by atoms with Gasteiger partial charge in [-0.15, -0.1) is 6.58 Å². The summed E-state index contributed by atoms with van der Waals surface area (Å²) in [6.07, 6.45) is 8.61. The molecule has 4 amide bonds. The van der Waals surface area contributed by atoms with E-state index in [9.17, 15) is 27.6 Å². The molecule has 2 aliphatic carbocycles. The Kier molecular flexibility index (Phi) is 12.1. The molecule has 2 bridgehead atoms. The number of fused-ring (bicyclic) bond motifs is 3. The molecule has 6 rings (SSSR count). The minimum Gasteiger partial charge on any atom is -0.488 e. The summed E-state index contributed by atoms with van der Waals surface area (Å²) in [5, 5.41) is 4.98. The normalized spacial score (nSPS) is 26.8. The molecule has 2 aromatic carbocycles. The summed E-state index contributed by atoms with van der Waals surface area (Å²) in [7, 11) is -3.87. The summed E-state index contributed by atoms with van der Waals surface area (Å²) in [6, 6.07) is 14.2. The number of sulfonamides is 1. The van der Waals surface area contributed by atoms with Gasteiger partial charge in [0.2, 0.25) is 21.8 Å². The van der Waals surface area contributed by atoms with Crippen LogP contribution in [0.1, 0.15) is 89.5 Å². The van der Waals surface area contributed by atoms with Gasteiger partial charge in [-0.05, 0) is 67.7 Å². The second kappa shape index (κ2) is 16.7. The number of ether oxygens (including phenoxy) is 2. The van der Waals surface area contributed by atoms with Crippen LogP contribution < -0.4 is 20.1 Å². The summed E-state index contributed by atoms with van der Waals surface area (Å²) in [6.45, 7) is 6.08. The Hall–Kier alpha value is -4.39. The molecule has 2 aromatic rings. The van der Waals surface area contributed by atoms with Gasteiger partial charge < -0.3 is 25.0 Å². The molecular formula is C40H52N4O8S. The Morgan fingerprint density at radius 3 is 2.51 bits per heavy atom. The Balaban J connectivity index is 1.31. The molecule has 13 heteroatoms. The van der Waals surface area contributed by atoms with Gasteiger partial charge in [0.15, 0.2) is 0 Å². The number of nitrogens with one attached hydrogen (secondary N) is 3. The van der Waals surface area contributed by atoms with Gasteiger partial charge in [0.25, 0.3) is 5.91 Å². The molecule has 0 aromatic heterocycles. The van der Waals surface area contributed by atoms with E-state index in [2.05, 4.69) is 34.1 Å². The van der Waals surface area contributed by atoms with E-state index in [-0.39, 0.29) is 26.0 Å². The molecule has 2 heterocycles. The van der Waals surface area contributed by atoms with E-state index < -0.39 is 68.7 Å². The van der Waals surface area contributed by atoms with Crippen LogP contribution in [0.15, 0.2) is 61.2 Å². The fourth-order valence-corrected chi connectivity index (χ4v) is 8.78. The van der Waals surface area contributed by atoms with E-state index in [0.29, 0.717) is 37.9 Å². The molecular weight excluding hydrogens is 697 g/mol. The third kappa shape index (κ3) is 9.23. The molecule has 286 valence electrons. The van der Waals surface area contributed by atoms with Gasteiger partial charge in [0.05, 0.1) is 18.4 Å². The van der Waals surface area contributed by atoms with E-state index in [1.165, 1.54) is 11.0 Å². The van der Waals surface area contributed by atoms with Crippen LogP contribution in [0.25, 0.3) is 11.1 Å². The van der Waals surface area contributed by atoms with Crippen LogP contribution in [0.5, 0.6) is 5.75 Å². The van der Waals surface area contributed by atoms with Crippen molar-refractivity contribution in [2.45, 2.75) is 119 Å². The lowest BCUT2D eigenvalue weighted by molar-refractivity contribution is -0.141. The summed E-state index contributed by atoms with van der Waals surface area (Å²) < 4.78 is 39.8. The number of amides is 4. The standard InChI is InChI=1S/C40H52N4O8S/c1-3-5-17-33-37(46)44-26-31(24-34(44)36(45)42-40(25-30(40)4-2)38(47)43-53(49,50)32-20-21-32)52-35-23-29(27-14-11-9-12-15-27)19-18-28(35)16-10-7-6-8-13-22-51-39(48)41-33/h4,9,11-12,14-15,18-19,23,30-34H,2-3,5-8,10,13,16-17,20-22,24-26H2,1H3,(H,41,48)(H,42,45)(H,43,47)/t30-,31+,33-,34-,40-/m0/s1. The van der Waals surface area contributed by atoms with Crippen molar-refractivity contribution in [2.24, 2.45) is 5.92 Å². The molecule has 0 radical (unpaired) electrons. The van der Waals surface area contributed by atoms with Crippen LogP contribution >= 0.6 is 0 Å². The number of aryl methyl sites for hydroxylation is 1. The fourth-order valence-electron chi connectivity index (χ4n) is 7.42. The molecule has 3 N–H and O–H groups in total. The molecule has 4 aliphatic rings. The SMILES string of the molecule is C=C[C@H]1C[C@@]1(NC(=O)[C@@H]1C[C@@H]2CN1C(=O)[C@H](CCCC)NC(=O)OCCCCCCCc1ccc(-c3ccccc3)cc1O2)C(=O)NS(=O)(=O)C1CC1. The monoisotopic (exact) mass is 748 g/mol. The smallest absolute Gasteiger partial charge is 0.407 e. The average molecular weight is 749 g/mol. The number of hydrogen-bond acceptors (Lipinski definition) is 8. The molecule has 3 fully saturated rings. The molecule has 0 unspecified atom stereocenters. The minimum atomic E-state index is -3.87. The van der Waals surface area contributed by atoms with Gasteiger partial charge in [-0.2, -0.15) is 0 Å². The Labute approximate surface area is 312 Å². The van der Waals surface area contributed by atoms with Crippen molar-refractivity contribution in [3.05, 3.63) is 66.7 Å². The average Bonchev–Trinajstić information content (AvgIpc) is 4.08. The van der Waals surface area contributed by atoms with E-state index in [1.807, 2.05) is 43.3 Å². The highest BCUT2D eigenvalue weighted by molar-refractivity contribution is 7.91. The van der Waals surface area contributed by atoms with E-state index in [1.54, 1.807) is 0 Å².